The molecule has 0 saturated heterocycles. The third kappa shape index (κ3) is 3.87. The molecule has 158 valence electrons. The molecule has 30 heavy (non-hydrogen) atoms. The number of benzene rings is 1. The smallest absolute Gasteiger partial charge is 0.238 e. The monoisotopic (exact) mass is 446 g/mol. The molecule has 4 rings (SSSR count). The van der Waals surface area contributed by atoms with Gasteiger partial charge in [0.25, 0.3) is 0 Å². The summed E-state index contributed by atoms with van der Waals surface area (Å²) in [5, 5.41) is 13.9. The van der Waals surface area contributed by atoms with Gasteiger partial charge in [0.1, 0.15) is 0 Å². The summed E-state index contributed by atoms with van der Waals surface area (Å²) < 4.78 is 26.8. The van der Waals surface area contributed by atoms with Crippen molar-refractivity contribution >= 4 is 33.5 Å². The zero-order chi connectivity index (χ0) is 21.6. The molecule has 0 radical (unpaired) electrons. The Morgan fingerprint density at radius 1 is 1.20 bits per heavy atom. The van der Waals surface area contributed by atoms with Crippen molar-refractivity contribution in [3.63, 3.8) is 0 Å². The number of hydrogen-bond acceptors (Lipinski definition) is 7. The van der Waals surface area contributed by atoms with Crippen LogP contribution in [0.1, 0.15) is 40.6 Å². The zero-order valence-corrected chi connectivity index (χ0v) is 18.2. The van der Waals surface area contributed by atoms with Crippen LogP contribution in [0.2, 0.25) is 0 Å². The normalized spacial score (nSPS) is 14.2. The number of hydrogen-bond donors (Lipinski definition) is 2. The number of Topliss-reactive ketones (excluding diaryl/α,β-unsaturated/α-hetero) is 1. The van der Waals surface area contributed by atoms with Gasteiger partial charge in [-0.1, -0.05) is 11.8 Å². The van der Waals surface area contributed by atoms with Crippen molar-refractivity contribution in [2.45, 2.75) is 42.8 Å². The topological polar surface area (TPSA) is 139 Å². The number of nitrogens with two attached hydrogens (primary N) is 2. The fourth-order valence-electron chi connectivity index (χ4n) is 3.50. The van der Waals surface area contributed by atoms with Crippen LogP contribution in [0.4, 0.5) is 5.95 Å². The Balaban J connectivity index is 1.55. The highest BCUT2D eigenvalue weighted by Gasteiger charge is 2.29. The van der Waals surface area contributed by atoms with Crippen molar-refractivity contribution in [3.8, 4) is 5.69 Å². The highest BCUT2D eigenvalue weighted by atomic mass is 32.2. The van der Waals surface area contributed by atoms with E-state index in [-0.39, 0.29) is 16.4 Å². The second-order valence-corrected chi connectivity index (χ2v) is 9.82. The van der Waals surface area contributed by atoms with Gasteiger partial charge < -0.3 is 10.3 Å². The van der Waals surface area contributed by atoms with E-state index in [0.717, 1.165) is 29.9 Å². The first-order valence-corrected chi connectivity index (χ1v) is 11.9. The van der Waals surface area contributed by atoms with Crippen LogP contribution < -0.4 is 10.9 Å². The third-order valence-electron chi connectivity index (χ3n) is 5.09. The molecule has 9 nitrogen and oxygen atoms in total. The molecule has 0 bridgehead atoms. The molecule has 0 unspecified atom stereocenters. The van der Waals surface area contributed by atoms with E-state index >= 15 is 0 Å². The van der Waals surface area contributed by atoms with Gasteiger partial charge >= 0.3 is 0 Å². The standard InChI is InChI=1S/C19H22N6O3S2/c1-11-9-16(12(2)24(11)13-5-7-15(8-6-13)30(21,27)28)17(26)10-29-19-23-22-18(20)25(19)14-3-4-14/h5-9,14H,3-4,10H2,1-2H3,(H2,20,22)(H2,21,27,28). The van der Waals surface area contributed by atoms with E-state index < -0.39 is 10.0 Å². The van der Waals surface area contributed by atoms with E-state index in [1.54, 1.807) is 12.1 Å². The van der Waals surface area contributed by atoms with Crippen LogP contribution >= 0.6 is 11.8 Å². The van der Waals surface area contributed by atoms with Crippen molar-refractivity contribution in [2.75, 3.05) is 11.5 Å². The van der Waals surface area contributed by atoms with Crippen LogP contribution in [0.15, 0.2) is 40.4 Å². The summed E-state index contributed by atoms with van der Waals surface area (Å²) in [7, 11) is -3.76. The van der Waals surface area contributed by atoms with Crippen molar-refractivity contribution in [3.05, 3.63) is 47.3 Å². The molecule has 0 amide bonds. The van der Waals surface area contributed by atoms with Crippen molar-refractivity contribution in [1.29, 1.82) is 0 Å². The number of nitrogen functional groups attached to an aromatic ring is 1. The number of sulfonamides is 1. The minimum Gasteiger partial charge on any atom is -0.368 e. The van der Waals surface area contributed by atoms with Gasteiger partial charge in [-0.15, -0.1) is 10.2 Å². The second-order valence-electron chi connectivity index (χ2n) is 7.31. The number of primary sulfonamides is 1. The third-order valence-corrected chi connectivity index (χ3v) is 6.96. The first-order chi connectivity index (χ1) is 14.2. The maximum absolute atomic E-state index is 12.9. The summed E-state index contributed by atoms with van der Waals surface area (Å²) in [5.74, 6) is 0.581. The second kappa shape index (κ2) is 7.56. The lowest BCUT2D eigenvalue weighted by atomic mass is 10.2. The molecule has 1 aliphatic rings. The molecule has 0 spiro atoms. The van der Waals surface area contributed by atoms with Crippen LogP contribution in [-0.4, -0.2) is 39.3 Å². The summed E-state index contributed by atoms with van der Waals surface area (Å²) in [6, 6.07) is 8.42. The average Bonchev–Trinajstić information content (AvgIpc) is 3.39. The lowest BCUT2D eigenvalue weighted by molar-refractivity contribution is 0.102. The Kier molecular flexibility index (Phi) is 5.20. The van der Waals surface area contributed by atoms with Crippen LogP contribution in [0.5, 0.6) is 0 Å². The van der Waals surface area contributed by atoms with Gasteiger partial charge in [0.15, 0.2) is 10.9 Å². The Morgan fingerprint density at radius 2 is 1.87 bits per heavy atom. The molecular formula is C19H22N6O3S2. The first-order valence-electron chi connectivity index (χ1n) is 9.35. The number of anilines is 1. The Bertz CT molecular complexity index is 1220. The van der Waals surface area contributed by atoms with E-state index in [4.69, 9.17) is 10.9 Å². The van der Waals surface area contributed by atoms with Crippen LogP contribution in [0, 0.1) is 13.8 Å². The lowest BCUT2D eigenvalue weighted by Crippen LogP contribution is -2.12. The number of rotatable bonds is 7. The van der Waals surface area contributed by atoms with E-state index in [9.17, 15) is 13.2 Å². The molecule has 2 heterocycles. The van der Waals surface area contributed by atoms with E-state index in [0.29, 0.717) is 22.7 Å². The van der Waals surface area contributed by atoms with Gasteiger partial charge in [-0.3, -0.25) is 9.36 Å². The molecule has 1 saturated carbocycles. The summed E-state index contributed by atoms with van der Waals surface area (Å²) in [4.78, 5) is 12.9. The molecule has 2 aromatic heterocycles. The average molecular weight is 447 g/mol. The maximum atomic E-state index is 12.9. The molecule has 0 atom stereocenters. The maximum Gasteiger partial charge on any atom is 0.238 e. The minimum atomic E-state index is -3.76. The van der Waals surface area contributed by atoms with Crippen LogP contribution in [0.3, 0.4) is 0 Å². The lowest BCUT2D eigenvalue weighted by Gasteiger charge is -2.10. The fraction of sp³-hybridized carbons (Fsp3) is 0.316. The predicted octanol–water partition coefficient (Wildman–Crippen LogP) is 2.23. The van der Waals surface area contributed by atoms with Gasteiger partial charge in [-0.2, -0.15) is 0 Å². The summed E-state index contributed by atoms with van der Waals surface area (Å²) in [6.07, 6.45) is 2.10. The summed E-state index contributed by atoms with van der Waals surface area (Å²) >= 11 is 1.33. The van der Waals surface area contributed by atoms with E-state index in [2.05, 4.69) is 10.2 Å². The van der Waals surface area contributed by atoms with E-state index in [1.807, 2.05) is 29.0 Å². The van der Waals surface area contributed by atoms with Gasteiger partial charge in [-0.05, 0) is 57.0 Å². The highest BCUT2D eigenvalue weighted by molar-refractivity contribution is 7.99. The molecule has 1 aromatic carbocycles. The largest absolute Gasteiger partial charge is 0.368 e. The molecular weight excluding hydrogens is 424 g/mol. The Morgan fingerprint density at radius 3 is 2.47 bits per heavy atom. The van der Waals surface area contributed by atoms with E-state index in [1.165, 1.54) is 23.9 Å². The zero-order valence-electron chi connectivity index (χ0n) is 16.6. The quantitative estimate of drug-likeness (QED) is 0.419. The molecule has 0 aliphatic heterocycles. The summed E-state index contributed by atoms with van der Waals surface area (Å²) in [5.41, 5.74) is 8.91. The van der Waals surface area contributed by atoms with Gasteiger partial charge in [0.05, 0.1) is 10.6 Å². The first kappa shape index (κ1) is 20.6. The number of nitrogens with zero attached hydrogens (tertiary/aromatic N) is 4. The number of carbonyl (C=O) groups is 1. The SMILES string of the molecule is Cc1cc(C(=O)CSc2nnc(N)n2C2CC2)c(C)n1-c1ccc(S(N)(=O)=O)cc1. The minimum absolute atomic E-state index is 0.0237. The van der Waals surface area contributed by atoms with Crippen molar-refractivity contribution in [2.24, 2.45) is 5.14 Å². The molecule has 11 heteroatoms. The predicted molar refractivity (Wildman–Crippen MR) is 114 cm³/mol. The Labute approximate surface area is 178 Å². The summed E-state index contributed by atoms with van der Waals surface area (Å²) in [6.45, 7) is 3.76. The molecule has 1 aliphatic carbocycles. The van der Waals surface area contributed by atoms with Gasteiger partial charge in [0, 0.05) is 28.7 Å². The van der Waals surface area contributed by atoms with Gasteiger partial charge in [-0.25, -0.2) is 13.6 Å². The number of thioether (sulfide) groups is 1. The molecule has 3 aromatic rings. The van der Waals surface area contributed by atoms with Gasteiger partial charge in [0.2, 0.25) is 16.0 Å². The number of aryl methyl sites for hydroxylation is 1. The van der Waals surface area contributed by atoms with Crippen molar-refractivity contribution < 1.29 is 13.2 Å². The van der Waals surface area contributed by atoms with Crippen LogP contribution in [0.25, 0.3) is 5.69 Å². The van der Waals surface area contributed by atoms with Crippen molar-refractivity contribution in [1.82, 2.24) is 19.3 Å². The molecule has 4 N–H and O–H groups in total. The highest BCUT2D eigenvalue weighted by Crippen LogP contribution is 2.39. The number of carbonyl (C=O) groups excluding carboxylic acids is 1. The molecule has 1 fully saturated rings. The Hall–Kier alpha value is -2.63. The fourth-order valence-corrected chi connectivity index (χ4v) is 4.91. The number of aromatic nitrogens is 4. The number of ketones is 1. The van der Waals surface area contributed by atoms with Crippen LogP contribution in [-0.2, 0) is 10.0 Å².